The molecule has 0 aliphatic rings. The Morgan fingerprint density at radius 2 is 1.95 bits per heavy atom. The highest BCUT2D eigenvalue weighted by Gasteiger charge is 2.11. The van der Waals surface area contributed by atoms with Crippen molar-refractivity contribution in [2.45, 2.75) is 0 Å². The lowest BCUT2D eigenvalue weighted by molar-refractivity contribution is 0.0601. The quantitative estimate of drug-likeness (QED) is 0.715. The van der Waals surface area contributed by atoms with Crippen LogP contribution in [0, 0.1) is 0 Å². The van der Waals surface area contributed by atoms with E-state index < -0.39 is 0 Å². The number of hydrogen-bond donors (Lipinski definition) is 1. The first kappa shape index (κ1) is 13.9. The second-order valence-electron chi connectivity index (χ2n) is 4.44. The molecule has 0 aliphatic heterocycles. The van der Waals surface area contributed by atoms with Gasteiger partial charge in [0.1, 0.15) is 5.82 Å². The summed E-state index contributed by atoms with van der Waals surface area (Å²) < 4.78 is 4.71. The van der Waals surface area contributed by atoms with E-state index in [1.54, 1.807) is 30.3 Å². The monoisotopic (exact) mass is 320 g/mol. The molecule has 3 aromatic rings. The van der Waals surface area contributed by atoms with Crippen molar-refractivity contribution in [3.63, 3.8) is 0 Å². The molecule has 0 spiro atoms. The first-order valence-corrected chi connectivity index (χ1v) is 6.87. The van der Waals surface area contributed by atoms with Crippen LogP contribution in [0.1, 0.15) is 10.4 Å². The van der Waals surface area contributed by atoms with E-state index in [1.807, 2.05) is 6.07 Å². The smallest absolute Gasteiger partial charge is 0.337 e. The van der Waals surface area contributed by atoms with Crippen LogP contribution in [0.25, 0.3) is 22.4 Å². The van der Waals surface area contributed by atoms with Gasteiger partial charge < -0.3 is 9.72 Å². The molecule has 6 heteroatoms. The van der Waals surface area contributed by atoms with Crippen LogP contribution in [0.2, 0.25) is 10.0 Å². The largest absolute Gasteiger partial charge is 0.465 e. The lowest BCUT2D eigenvalue weighted by Crippen LogP contribution is -2.00. The van der Waals surface area contributed by atoms with Crippen LogP contribution in [-0.2, 0) is 4.74 Å². The van der Waals surface area contributed by atoms with Crippen LogP contribution < -0.4 is 0 Å². The Morgan fingerprint density at radius 3 is 2.71 bits per heavy atom. The van der Waals surface area contributed by atoms with Gasteiger partial charge in [0.15, 0.2) is 0 Å². The van der Waals surface area contributed by atoms with Gasteiger partial charge >= 0.3 is 5.97 Å². The van der Waals surface area contributed by atoms with Crippen LogP contribution in [0.5, 0.6) is 0 Å². The van der Waals surface area contributed by atoms with Gasteiger partial charge in [0, 0.05) is 5.56 Å². The van der Waals surface area contributed by atoms with Gasteiger partial charge in [-0.25, -0.2) is 9.78 Å². The molecule has 0 saturated carbocycles. The Hall–Kier alpha value is -2.04. The summed E-state index contributed by atoms with van der Waals surface area (Å²) in [6.07, 6.45) is 0. The lowest BCUT2D eigenvalue weighted by atomic mass is 10.1. The molecule has 1 aromatic heterocycles. The first-order chi connectivity index (χ1) is 10.1. The number of imidazole rings is 1. The SMILES string of the molecule is COC(=O)c1cccc(-c2nc3cc(Cl)c(Cl)cc3[nH]2)c1. The zero-order valence-electron chi connectivity index (χ0n) is 11.0. The van der Waals surface area contributed by atoms with E-state index >= 15 is 0 Å². The minimum absolute atomic E-state index is 0.390. The summed E-state index contributed by atoms with van der Waals surface area (Å²) in [6, 6.07) is 10.4. The molecule has 4 nitrogen and oxygen atoms in total. The average molecular weight is 321 g/mol. The van der Waals surface area contributed by atoms with Gasteiger partial charge in [-0.05, 0) is 24.3 Å². The van der Waals surface area contributed by atoms with Gasteiger partial charge in [0.25, 0.3) is 0 Å². The third-order valence-corrected chi connectivity index (χ3v) is 3.80. The van der Waals surface area contributed by atoms with E-state index in [1.165, 1.54) is 7.11 Å². The number of H-pyrrole nitrogens is 1. The number of esters is 1. The number of carbonyl (C=O) groups excluding carboxylic acids is 1. The summed E-state index contributed by atoms with van der Waals surface area (Å²) in [5, 5.41) is 0.910. The molecular formula is C15H10Cl2N2O2. The number of fused-ring (bicyclic) bond motifs is 1. The number of nitrogens with one attached hydrogen (secondary N) is 1. The fraction of sp³-hybridized carbons (Fsp3) is 0.0667. The highest BCUT2D eigenvalue weighted by atomic mass is 35.5. The second-order valence-corrected chi connectivity index (χ2v) is 5.26. The van der Waals surface area contributed by atoms with Crippen LogP contribution in [0.3, 0.4) is 0 Å². The maximum atomic E-state index is 11.6. The van der Waals surface area contributed by atoms with Gasteiger partial charge in [-0.2, -0.15) is 0 Å². The molecule has 0 fully saturated rings. The van der Waals surface area contributed by atoms with Crippen LogP contribution >= 0.6 is 23.2 Å². The minimum Gasteiger partial charge on any atom is -0.465 e. The number of aromatic nitrogens is 2. The van der Waals surface area contributed by atoms with Crippen molar-refractivity contribution < 1.29 is 9.53 Å². The molecule has 0 bridgehead atoms. The molecule has 3 rings (SSSR count). The number of benzene rings is 2. The van der Waals surface area contributed by atoms with E-state index in [0.717, 1.165) is 11.1 Å². The zero-order valence-corrected chi connectivity index (χ0v) is 12.5. The number of aromatic amines is 1. The molecule has 1 N–H and O–H groups in total. The third-order valence-electron chi connectivity index (χ3n) is 3.08. The molecule has 0 unspecified atom stereocenters. The molecule has 2 aromatic carbocycles. The lowest BCUT2D eigenvalue weighted by Gasteiger charge is -2.01. The van der Waals surface area contributed by atoms with E-state index in [9.17, 15) is 4.79 Å². The van der Waals surface area contributed by atoms with E-state index in [2.05, 4.69) is 9.97 Å². The van der Waals surface area contributed by atoms with Crippen molar-refractivity contribution in [2.75, 3.05) is 7.11 Å². The molecule has 106 valence electrons. The molecule has 0 amide bonds. The van der Waals surface area contributed by atoms with E-state index in [0.29, 0.717) is 26.9 Å². The van der Waals surface area contributed by atoms with Gasteiger partial charge in [0.05, 0.1) is 33.8 Å². The van der Waals surface area contributed by atoms with Gasteiger partial charge in [-0.1, -0.05) is 35.3 Å². The highest BCUT2D eigenvalue weighted by Crippen LogP contribution is 2.29. The summed E-state index contributed by atoms with van der Waals surface area (Å²) in [5.74, 6) is 0.244. The Balaban J connectivity index is 2.10. The summed E-state index contributed by atoms with van der Waals surface area (Å²) in [5.41, 5.74) is 2.73. The predicted octanol–water partition coefficient (Wildman–Crippen LogP) is 4.32. The van der Waals surface area contributed by atoms with E-state index in [-0.39, 0.29) is 5.97 Å². The van der Waals surface area contributed by atoms with Crippen LogP contribution in [0.4, 0.5) is 0 Å². The summed E-state index contributed by atoms with van der Waals surface area (Å²) >= 11 is 12.0. The standard InChI is InChI=1S/C15H10Cl2N2O2/c1-21-15(20)9-4-2-3-8(5-9)14-18-12-6-10(16)11(17)7-13(12)19-14/h2-7H,1H3,(H,18,19). The zero-order chi connectivity index (χ0) is 15.0. The molecule has 0 atom stereocenters. The second kappa shape index (κ2) is 5.39. The predicted molar refractivity (Wildman–Crippen MR) is 82.9 cm³/mol. The molecule has 21 heavy (non-hydrogen) atoms. The Labute approximate surface area is 130 Å². The maximum absolute atomic E-state index is 11.6. The normalized spacial score (nSPS) is 10.8. The van der Waals surface area contributed by atoms with Crippen molar-refractivity contribution in [1.29, 1.82) is 0 Å². The summed E-state index contributed by atoms with van der Waals surface area (Å²) in [7, 11) is 1.35. The number of ether oxygens (including phenoxy) is 1. The van der Waals surface area contributed by atoms with Gasteiger partial charge in [0.2, 0.25) is 0 Å². The fourth-order valence-electron chi connectivity index (χ4n) is 2.05. The van der Waals surface area contributed by atoms with E-state index in [4.69, 9.17) is 27.9 Å². The Bertz CT molecular complexity index is 804. The van der Waals surface area contributed by atoms with Crippen LogP contribution in [-0.4, -0.2) is 23.0 Å². The van der Waals surface area contributed by atoms with Gasteiger partial charge in [-0.3, -0.25) is 0 Å². The van der Waals surface area contributed by atoms with Crippen molar-refractivity contribution in [3.05, 3.63) is 52.0 Å². The molecule has 0 saturated heterocycles. The first-order valence-electron chi connectivity index (χ1n) is 6.12. The Morgan fingerprint density at radius 1 is 1.19 bits per heavy atom. The third kappa shape index (κ3) is 2.60. The topological polar surface area (TPSA) is 55.0 Å². The summed E-state index contributed by atoms with van der Waals surface area (Å²) in [6.45, 7) is 0. The number of nitrogens with zero attached hydrogens (tertiary/aromatic N) is 1. The van der Waals surface area contributed by atoms with Gasteiger partial charge in [-0.15, -0.1) is 0 Å². The molecular weight excluding hydrogens is 311 g/mol. The number of methoxy groups -OCH3 is 1. The van der Waals surface area contributed by atoms with Crippen LogP contribution in [0.15, 0.2) is 36.4 Å². The molecule has 0 radical (unpaired) electrons. The number of halogens is 2. The summed E-state index contributed by atoms with van der Waals surface area (Å²) in [4.78, 5) is 19.2. The minimum atomic E-state index is -0.390. The molecule has 1 heterocycles. The van der Waals surface area contributed by atoms with Crippen molar-refractivity contribution in [1.82, 2.24) is 9.97 Å². The maximum Gasteiger partial charge on any atom is 0.337 e. The van der Waals surface area contributed by atoms with Crippen molar-refractivity contribution in [2.24, 2.45) is 0 Å². The number of carbonyl (C=O) groups is 1. The fourth-order valence-corrected chi connectivity index (χ4v) is 2.37. The van der Waals surface area contributed by atoms with Crippen molar-refractivity contribution in [3.8, 4) is 11.4 Å². The number of hydrogen-bond acceptors (Lipinski definition) is 3. The highest BCUT2D eigenvalue weighted by molar-refractivity contribution is 6.42. The average Bonchev–Trinajstić information content (AvgIpc) is 2.90. The van der Waals surface area contributed by atoms with Crippen molar-refractivity contribution >= 4 is 40.2 Å². The molecule has 0 aliphatic carbocycles. The number of rotatable bonds is 2. The Kier molecular flexibility index (Phi) is 3.57.